The number of nitrogens with one attached hydrogen (secondary N) is 2. The third-order valence-electron chi connectivity index (χ3n) is 3.63. The maximum absolute atomic E-state index is 11.9. The molecule has 0 radical (unpaired) electrons. The van der Waals surface area contributed by atoms with Crippen LogP contribution in [0.3, 0.4) is 0 Å². The molecule has 2 atom stereocenters. The molecule has 0 aromatic rings. The van der Waals surface area contributed by atoms with Crippen LogP contribution >= 0.6 is 0 Å². The van der Waals surface area contributed by atoms with Crippen LogP contribution in [0.5, 0.6) is 0 Å². The van der Waals surface area contributed by atoms with Crippen LogP contribution in [0.25, 0.3) is 0 Å². The first kappa shape index (κ1) is 11.7. The summed E-state index contributed by atoms with van der Waals surface area (Å²) >= 11 is 0. The van der Waals surface area contributed by atoms with Crippen LogP contribution in [0.15, 0.2) is 0 Å². The van der Waals surface area contributed by atoms with E-state index >= 15 is 0 Å². The van der Waals surface area contributed by atoms with E-state index in [1.54, 1.807) is 0 Å². The van der Waals surface area contributed by atoms with Gasteiger partial charge in [-0.15, -0.1) is 0 Å². The summed E-state index contributed by atoms with van der Waals surface area (Å²) in [5.41, 5.74) is 0. The highest BCUT2D eigenvalue weighted by molar-refractivity contribution is 5.74. The molecular formula is C12H23N3O. The number of carbonyl (C=O) groups excluding carboxylic acids is 1. The standard InChI is InChI=1S/C12H23N3O/c1-9(2)7-14-12(16)15-6-4-10-3-5-13-11(10)8-15/h9-11,13H,3-8H2,1-2H3,(H,14,16)/t10-,11+/m1/s1. The molecule has 2 saturated heterocycles. The van der Waals surface area contributed by atoms with Gasteiger partial charge in [-0.25, -0.2) is 4.79 Å². The third kappa shape index (κ3) is 2.67. The Morgan fingerprint density at radius 3 is 3.06 bits per heavy atom. The van der Waals surface area contributed by atoms with Gasteiger partial charge in [0.05, 0.1) is 0 Å². The number of nitrogens with zero attached hydrogens (tertiary/aromatic N) is 1. The van der Waals surface area contributed by atoms with Gasteiger partial charge in [-0.2, -0.15) is 0 Å². The molecule has 0 aromatic carbocycles. The molecule has 2 fully saturated rings. The zero-order valence-electron chi connectivity index (χ0n) is 10.3. The lowest BCUT2D eigenvalue weighted by Crippen LogP contribution is -2.52. The average molecular weight is 225 g/mol. The number of urea groups is 1. The van der Waals surface area contributed by atoms with Crippen molar-refractivity contribution in [3.63, 3.8) is 0 Å². The molecule has 0 unspecified atom stereocenters. The quantitative estimate of drug-likeness (QED) is 0.737. The summed E-state index contributed by atoms with van der Waals surface area (Å²) in [7, 11) is 0. The predicted octanol–water partition coefficient (Wildman–Crippen LogP) is 1.04. The van der Waals surface area contributed by atoms with Crippen molar-refractivity contribution in [3.8, 4) is 0 Å². The summed E-state index contributed by atoms with van der Waals surface area (Å²) in [6, 6.07) is 0.652. The maximum Gasteiger partial charge on any atom is 0.317 e. The van der Waals surface area contributed by atoms with E-state index in [1.807, 2.05) is 4.90 Å². The fraction of sp³-hybridized carbons (Fsp3) is 0.917. The van der Waals surface area contributed by atoms with Crippen molar-refractivity contribution in [2.24, 2.45) is 11.8 Å². The smallest absolute Gasteiger partial charge is 0.317 e. The van der Waals surface area contributed by atoms with Crippen molar-refractivity contribution in [2.45, 2.75) is 32.7 Å². The molecular weight excluding hydrogens is 202 g/mol. The molecule has 0 saturated carbocycles. The Balaban J connectivity index is 1.79. The van der Waals surface area contributed by atoms with Crippen LogP contribution < -0.4 is 10.6 Å². The zero-order chi connectivity index (χ0) is 11.5. The lowest BCUT2D eigenvalue weighted by molar-refractivity contribution is 0.160. The number of piperidine rings is 1. The van der Waals surface area contributed by atoms with Crippen LogP contribution in [-0.2, 0) is 0 Å². The monoisotopic (exact) mass is 225 g/mol. The first-order valence-corrected chi connectivity index (χ1v) is 6.43. The summed E-state index contributed by atoms with van der Waals surface area (Å²) in [5, 5.41) is 6.48. The molecule has 16 heavy (non-hydrogen) atoms. The molecule has 2 amide bonds. The number of fused-ring (bicyclic) bond motifs is 1. The van der Waals surface area contributed by atoms with Crippen LogP contribution in [0, 0.1) is 11.8 Å². The van der Waals surface area contributed by atoms with E-state index in [-0.39, 0.29) is 6.03 Å². The van der Waals surface area contributed by atoms with Gasteiger partial charge in [0, 0.05) is 25.7 Å². The van der Waals surface area contributed by atoms with Gasteiger partial charge in [0.1, 0.15) is 0 Å². The predicted molar refractivity (Wildman–Crippen MR) is 64.3 cm³/mol. The summed E-state index contributed by atoms with van der Waals surface area (Å²) < 4.78 is 0. The van der Waals surface area contributed by atoms with E-state index in [9.17, 15) is 4.79 Å². The Labute approximate surface area is 97.8 Å². The van der Waals surface area contributed by atoms with E-state index in [0.717, 1.165) is 38.5 Å². The molecule has 2 heterocycles. The Morgan fingerprint density at radius 1 is 1.50 bits per heavy atom. The largest absolute Gasteiger partial charge is 0.338 e. The first-order chi connectivity index (χ1) is 7.66. The Kier molecular flexibility index (Phi) is 3.69. The number of carbonyl (C=O) groups is 1. The van der Waals surface area contributed by atoms with Gasteiger partial charge in [0.15, 0.2) is 0 Å². The zero-order valence-corrected chi connectivity index (χ0v) is 10.3. The Hall–Kier alpha value is -0.770. The second-order valence-corrected chi connectivity index (χ2v) is 5.42. The number of hydrogen-bond donors (Lipinski definition) is 2. The molecule has 4 heteroatoms. The van der Waals surface area contributed by atoms with Crippen molar-refractivity contribution in [2.75, 3.05) is 26.2 Å². The number of rotatable bonds is 2. The summed E-state index contributed by atoms with van der Waals surface area (Å²) in [4.78, 5) is 13.8. The van der Waals surface area contributed by atoms with Gasteiger partial charge >= 0.3 is 6.03 Å². The molecule has 2 N–H and O–H groups in total. The molecule has 2 aliphatic heterocycles. The highest BCUT2D eigenvalue weighted by atomic mass is 16.2. The first-order valence-electron chi connectivity index (χ1n) is 6.43. The minimum Gasteiger partial charge on any atom is -0.338 e. The van der Waals surface area contributed by atoms with Gasteiger partial charge in [0.25, 0.3) is 0 Å². The van der Waals surface area contributed by atoms with Gasteiger partial charge < -0.3 is 15.5 Å². The van der Waals surface area contributed by atoms with Gasteiger partial charge in [-0.05, 0) is 31.2 Å². The maximum atomic E-state index is 11.9. The number of amides is 2. The van der Waals surface area contributed by atoms with Crippen LogP contribution in [-0.4, -0.2) is 43.2 Å². The molecule has 2 aliphatic rings. The van der Waals surface area contributed by atoms with E-state index < -0.39 is 0 Å². The topological polar surface area (TPSA) is 44.4 Å². The lowest BCUT2D eigenvalue weighted by atomic mass is 9.93. The Bertz CT molecular complexity index is 255. The molecule has 0 bridgehead atoms. The summed E-state index contributed by atoms with van der Waals surface area (Å²) in [6.45, 7) is 7.94. The fourth-order valence-electron chi connectivity index (χ4n) is 2.62. The SMILES string of the molecule is CC(C)CNC(=O)N1CC[C@H]2CCN[C@H]2C1. The third-order valence-corrected chi connectivity index (χ3v) is 3.63. The highest BCUT2D eigenvalue weighted by Gasteiger charge is 2.34. The lowest BCUT2D eigenvalue weighted by Gasteiger charge is -2.35. The Morgan fingerprint density at radius 2 is 2.31 bits per heavy atom. The molecule has 0 aromatic heterocycles. The molecule has 2 rings (SSSR count). The van der Waals surface area contributed by atoms with Crippen LogP contribution in [0.2, 0.25) is 0 Å². The van der Waals surface area contributed by atoms with Crippen molar-refractivity contribution in [1.82, 2.24) is 15.5 Å². The van der Waals surface area contributed by atoms with Gasteiger partial charge in [-0.3, -0.25) is 0 Å². The molecule has 0 aliphatic carbocycles. The van der Waals surface area contributed by atoms with Crippen LogP contribution in [0.1, 0.15) is 26.7 Å². The van der Waals surface area contributed by atoms with Crippen LogP contribution in [0.4, 0.5) is 4.79 Å². The highest BCUT2D eigenvalue weighted by Crippen LogP contribution is 2.24. The van der Waals surface area contributed by atoms with Crippen molar-refractivity contribution in [3.05, 3.63) is 0 Å². The van der Waals surface area contributed by atoms with E-state index in [2.05, 4.69) is 24.5 Å². The summed E-state index contributed by atoms with van der Waals surface area (Å²) in [6.07, 6.45) is 2.44. The van der Waals surface area contributed by atoms with E-state index in [4.69, 9.17) is 0 Å². The summed E-state index contributed by atoms with van der Waals surface area (Å²) in [5.74, 6) is 1.32. The molecule has 4 nitrogen and oxygen atoms in total. The van der Waals surface area contributed by atoms with E-state index in [0.29, 0.717) is 12.0 Å². The van der Waals surface area contributed by atoms with E-state index in [1.165, 1.54) is 6.42 Å². The second kappa shape index (κ2) is 5.04. The fourth-order valence-corrected chi connectivity index (χ4v) is 2.62. The van der Waals surface area contributed by atoms with Crippen molar-refractivity contribution >= 4 is 6.03 Å². The molecule has 92 valence electrons. The van der Waals surface area contributed by atoms with Gasteiger partial charge in [0.2, 0.25) is 0 Å². The minimum atomic E-state index is 0.112. The van der Waals surface area contributed by atoms with Gasteiger partial charge in [-0.1, -0.05) is 13.8 Å². The number of likely N-dealkylation sites (tertiary alicyclic amines) is 1. The minimum absolute atomic E-state index is 0.112. The molecule has 0 spiro atoms. The normalized spacial score (nSPS) is 29.3. The second-order valence-electron chi connectivity index (χ2n) is 5.42. The van der Waals surface area contributed by atoms with Crippen molar-refractivity contribution < 1.29 is 4.79 Å². The van der Waals surface area contributed by atoms with Crippen molar-refractivity contribution in [1.29, 1.82) is 0 Å². The number of hydrogen-bond acceptors (Lipinski definition) is 2. The average Bonchev–Trinajstić information content (AvgIpc) is 2.72.